The average molecular weight is 290 g/mol. The minimum atomic E-state index is -0.894. The smallest absolute Gasteiger partial charge is 0.347 e. The van der Waals surface area contributed by atoms with Crippen LogP contribution in [0.2, 0.25) is 0 Å². The lowest BCUT2D eigenvalue weighted by atomic mass is 10.1. The molecule has 1 aromatic heterocycles. The summed E-state index contributed by atoms with van der Waals surface area (Å²) in [6, 6.07) is 10.1. The van der Waals surface area contributed by atoms with E-state index in [1.54, 1.807) is 6.92 Å². The number of nitrogens with zero attached hydrogens (tertiary/aromatic N) is 2. The molecule has 0 aliphatic heterocycles. The number of likely N-dealkylation sites (N-methyl/N-ethyl adjacent to an activating group) is 1. The highest BCUT2D eigenvalue weighted by Crippen LogP contribution is 2.26. The molecule has 2 aromatic rings. The average Bonchev–Trinajstić information content (AvgIpc) is 2.82. The van der Waals surface area contributed by atoms with Crippen LogP contribution in [0, 0.1) is 6.92 Å². The summed E-state index contributed by atoms with van der Waals surface area (Å²) in [5, 5.41) is 9.96. The number of thiazole rings is 1. The first-order chi connectivity index (χ1) is 9.49. The van der Waals surface area contributed by atoms with E-state index >= 15 is 0 Å². The number of anilines is 1. The van der Waals surface area contributed by atoms with Crippen LogP contribution < -0.4 is 4.90 Å². The van der Waals surface area contributed by atoms with Gasteiger partial charge in [0, 0.05) is 25.2 Å². The zero-order chi connectivity index (χ0) is 14.7. The number of para-hydroxylation sites is 1. The summed E-state index contributed by atoms with van der Waals surface area (Å²) in [5.41, 5.74) is 1.75. The van der Waals surface area contributed by atoms with Crippen molar-refractivity contribution in [1.82, 2.24) is 4.98 Å². The Balaban J connectivity index is 2.10. The van der Waals surface area contributed by atoms with Gasteiger partial charge in [-0.25, -0.2) is 9.78 Å². The fourth-order valence-corrected chi connectivity index (χ4v) is 3.05. The maximum atomic E-state index is 11.1. The van der Waals surface area contributed by atoms with Gasteiger partial charge in [0.05, 0.1) is 10.7 Å². The van der Waals surface area contributed by atoms with Gasteiger partial charge in [-0.05, 0) is 19.1 Å². The third-order valence-electron chi connectivity index (χ3n) is 3.17. The summed E-state index contributed by atoms with van der Waals surface area (Å²) in [6.07, 6.45) is 0. The van der Waals surface area contributed by atoms with E-state index in [0.717, 1.165) is 17.2 Å². The molecule has 106 valence electrons. The molecular weight excluding hydrogens is 272 g/mol. The number of benzene rings is 1. The molecule has 4 nitrogen and oxygen atoms in total. The molecule has 0 saturated carbocycles. The summed E-state index contributed by atoms with van der Waals surface area (Å²) in [4.78, 5) is 17.9. The van der Waals surface area contributed by atoms with E-state index in [1.807, 2.05) is 25.2 Å². The molecule has 1 unspecified atom stereocenters. The second kappa shape index (κ2) is 6.05. The first-order valence-corrected chi connectivity index (χ1v) is 7.27. The van der Waals surface area contributed by atoms with E-state index in [-0.39, 0.29) is 5.92 Å². The molecule has 0 amide bonds. The Morgan fingerprint density at radius 1 is 1.40 bits per heavy atom. The van der Waals surface area contributed by atoms with Gasteiger partial charge in [-0.2, -0.15) is 0 Å². The molecule has 2 rings (SSSR count). The number of carbonyl (C=O) groups is 1. The molecular formula is C15H18N2O2S. The fraction of sp³-hybridized carbons (Fsp3) is 0.333. The summed E-state index contributed by atoms with van der Waals surface area (Å²) >= 11 is 1.28. The van der Waals surface area contributed by atoms with Gasteiger partial charge in [-0.15, -0.1) is 11.3 Å². The van der Waals surface area contributed by atoms with Crippen molar-refractivity contribution in [2.24, 2.45) is 0 Å². The third-order valence-corrected chi connectivity index (χ3v) is 4.55. The molecule has 0 saturated heterocycles. The predicted molar refractivity (Wildman–Crippen MR) is 81.9 cm³/mol. The van der Waals surface area contributed by atoms with Crippen LogP contribution in [0.3, 0.4) is 0 Å². The molecule has 0 aliphatic carbocycles. The van der Waals surface area contributed by atoms with E-state index in [9.17, 15) is 4.79 Å². The van der Waals surface area contributed by atoms with Crippen molar-refractivity contribution in [3.63, 3.8) is 0 Å². The van der Waals surface area contributed by atoms with Gasteiger partial charge in [0.15, 0.2) is 0 Å². The standard InChI is InChI=1S/C15H18N2O2S/c1-10(9-17(3)12-7-5-4-6-8-12)14-16-11(2)13(20-14)15(18)19/h4-8,10H,9H2,1-3H3,(H,18,19). The van der Waals surface area contributed by atoms with E-state index < -0.39 is 5.97 Å². The number of hydrogen-bond acceptors (Lipinski definition) is 4. The van der Waals surface area contributed by atoms with Crippen LogP contribution in [0.5, 0.6) is 0 Å². The van der Waals surface area contributed by atoms with E-state index in [2.05, 4.69) is 28.9 Å². The Kier molecular flexibility index (Phi) is 4.39. The molecule has 1 atom stereocenters. The summed E-state index contributed by atoms with van der Waals surface area (Å²) < 4.78 is 0. The van der Waals surface area contributed by atoms with Crippen LogP contribution in [0.1, 0.15) is 33.2 Å². The van der Waals surface area contributed by atoms with Gasteiger partial charge >= 0.3 is 5.97 Å². The minimum Gasteiger partial charge on any atom is -0.477 e. The normalized spacial score (nSPS) is 12.2. The van der Waals surface area contributed by atoms with Crippen LogP contribution in [0.25, 0.3) is 0 Å². The summed E-state index contributed by atoms with van der Waals surface area (Å²) in [6.45, 7) is 4.62. The Hall–Kier alpha value is -1.88. The molecule has 0 spiro atoms. The van der Waals surface area contributed by atoms with Crippen molar-refractivity contribution >= 4 is 23.0 Å². The number of aryl methyl sites for hydroxylation is 1. The number of hydrogen-bond donors (Lipinski definition) is 1. The molecule has 1 aromatic carbocycles. The number of carboxylic acid groups (broad SMARTS) is 1. The number of carboxylic acids is 1. The van der Waals surface area contributed by atoms with Crippen molar-refractivity contribution in [2.75, 3.05) is 18.5 Å². The van der Waals surface area contributed by atoms with E-state index in [1.165, 1.54) is 11.3 Å². The topological polar surface area (TPSA) is 53.4 Å². The van der Waals surface area contributed by atoms with Gasteiger partial charge in [0.2, 0.25) is 0 Å². The summed E-state index contributed by atoms with van der Waals surface area (Å²) in [7, 11) is 2.03. The van der Waals surface area contributed by atoms with Crippen molar-refractivity contribution in [2.45, 2.75) is 19.8 Å². The van der Waals surface area contributed by atoms with Crippen LogP contribution in [0.4, 0.5) is 5.69 Å². The van der Waals surface area contributed by atoms with Crippen LogP contribution in [0.15, 0.2) is 30.3 Å². The molecule has 20 heavy (non-hydrogen) atoms. The highest BCUT2D eigenvalue weighted by molar-refractivity contribution is 7.13. The Labute approximate surface area is 122 Å². The molecule has 1 N–H and O–H groups in total. The SMILES string of the molecule is Cc1nc(C(C)CN(C)c2ccccc2)sc1C(=O)O. The Morgan fingerprint density at radius 2 is 2.05 bits per heavy atom. The van der Waals surface area contributed by atoms with Crippen molar-refractivity contribution in [3.8, 4) is 0 Å². The molecule has 5 heteroatoms. The van der Waals surface area contributed by atoms with Crippen LogP contribution in [-0.2, 0) is 0 Å². The third kappa shape index (κ3) is 3.17. The Morgan fingerprint density at radius 3 is 2.60 bits per heavy atom. The monoisotopic (exact) mass is 290 g/mol. The summed E-state index contributed by atoms with van der Waals surface area (Å²) in [5.74, 6) is -0.702. The number of rotatable bonds is 5. The first kappa shape index (κ1) is 14.5. The van der Waals surface area contributed by atoms with Crippen LogP contribution in [-0.4, -0.2) is 29.7 Å². The number of aromatic nitrogens is 1. The minimum absolute atomic E-state index is 0.192. The quantitative estimate of drug-likeness (QED) is 0.917. The molecule has 0 radical (unpaired) electrons. The molecule has 0 fully saturated rings. The molecule has 0 bridgehead atoms. The lowest BCUT2D eigenvalue weighted by molar-refractivity contribution is 0.0701. The first-order valence-electron chi connectivity index (χ1n) is 6.46. The van der Waals surface area contributed by atoms with E-state index in [0.29, 0.717) is 10.6 Å². The largest absolute Gasteiger partial charge is 0.477 e. The van der Waals surface area contributed by atoms with Crippen molar-refractivity contribution in [1.29, 1.82) is 0 Å². The number of aromatic carboxylic acids is 1. The maximum Gasteiger partial charge on any atom is 0.347 e. The van der Waals surface area contributed by atoms with Crippen molar-refractivity contribution in [3.05, 3.63) is 45.9 Å². The lowest BCUT2D eigenvalue weighted by Crippen LogP contribution is -2.22. The van der Waals surface area contributed by atoms with E-state index in [4.69, 9.17) is 5.11 Å². The highest BCUT2D eigenvalue weighted by Gasteiger charge is 2.19. The fourth-order valence-electron chi connectivity index (χ4n) is 2.10. The second-order valence-electron chi connectivity index (χ2n) is 4.89. The van der Waals surface area contributed by atoms with Gasteiger partial charge in [0.25, 0.3) is 0 Å². The van der Waals surface area contributed by atoms with Crippen LogP contribution >= 0.6 is 11.3 Å². The van der Waals surface area contributed by atoms with Gasteiger partial charge < -0.3 is 10.0 Å². The molecule has 1 heterocycles. The van der Waals surface area contributed by atoms with Gasteiger partial charge in [-0.1, -0.05) is 25.1 Å². The highest BCUT2D eigenvalue weighted by atomic mass is 32.1. The zero-order valence-corrected chi connectivity index (χ0v) is 12.6. The second-order valence-corrected chi connectivity index (χ2v) is 5.92. The lowest BCUT2D eigenvalue weighted by Gasteiger charge is -2.22. The van der Waals surface area contributed by atoms with Gasteiger partial charge in [-0.3, -0.25) is 0 Å². The zero-order valence-electron chi connectivity index (χ0n) is 11.8. The maximum absolute atomic E-state index is 11.1. The Bertz CT molecular complexity index is 595. The molecule has 0 aliphatic rings. The van der Waals surface area contributed by atoms with Crippen molar-refractivity contribution < 1.29 is 9.90 Å². The predicted octanol–water partition coefficient (Wildman–Crippen LogP) is 3.39. The van der Waals surface area contributed by atoms with Gasteiger partial charge in [0.1, 0.15) is 4.88 Å².